The maximum Gasteiger partial charge on any atom is 0.353 e. The van der Waals surface area contributed by atoms with E-state index in [4.69, 9.17) is 14.2 Å². The highest BCUT2D eigenvalue weighted by atomic mass is 32.1. The second-order valence-corrected chi connectivity index (χ2v) is 6.65. The van der Waals surface area contributed by atoms with Crippen molar-refractivity contribution in [3.05, 3.63) is 81.7 Å². The van der Waals surface area contributed by atoms with E-state index in [1.54, 1.807) is 55.0 Å². The van der Waals surface area contributed by atoms with Gasteiger partial charge in [-0.2, -0.15) is 0 Å². The molecule has 3 aromatic rings. The Morgan fingerprint density at radius 3 is 2.74 bits per heavy atom. The van der Waals surface area contributed by atoms with Crippen LogP contribution in [0, 0.1) is 0 Å². The second-order valence-electron chi connectivity index (χ2n) is 5.71. The maximum atomic E-state index is 12.6. The Balaban J connectivity index is 1.59. The average molecular weight is 378 g/mol. The number of carbonyl (C=O) groups is 2. The van der Waals surface area contributed by atoms with E-state index in [1.165, 1.54) is 11.3 Å². The summed E-state index contributed by atoms with van der Waals surface area (Å²) in [6, 6.07) is 15.5. The molecule has 4 rings (SSSR count). The van der Waals surface area contributed by atoms with Crippen molar-refractivity contribution in [1.29, 1.82) is 0 Å². The quantitative estimate of drug-likeness (QED) is 0.377. The Hall–Kier alpha value is -3.38. The first-order valence-electron chi connectivity index (χ1n) is 8.13. The molecular weight excluding hydrogens is 364 g/mol. The van der Waals surface area contributed by atoms with Crippen LogP contribution in [0.1, 0.15) is 25.6 Å². The van der Waals surface area contributed by atoms with Crippen LogP contribution in [0.5, 0.6) is 17.2 Å². The number of hydrogen-bond acceptors (Lipinski definition) is 6. The molecule has 0 spiro atoms. The molecule has 1 aromatic heterocycles. The lowest BCUT2D eigenvalue weighted by Gasteiger charge is -2.05. The third kappa shape index (κ3) is 3.35. The molecule has 0 unspecified atom stereocenters. The first-order chi connectivity index (χ1) is 13.2. The van der Waals surface area contributed by atoms with Gasteiger partial charge in [-0.25, -0.2) is 4.79 Å². The number of allylic oxidation sites excluding steroid dienone is 1. The molecule has 1 aliphatic rings. The number of ketones is 1. The van der Waals surface area contributed by atoms with Crippen LogP contribution in [0.15, 0.2) is 65.7 Å². The number of Topliss-reactive ketones (excluding diaryl/α,β-unsaturated/α-hetero) is 1. The molecule has 0 aliphatic carbocycles. The van der Waals surface area contributed by atoms with Crippen LogP contribution >= 0.6 is 11.3 Å². The summed E-state index contributed by atoms with van der Waals surface area (Å²) >= 11 is 1.30. The highest BCUT2D eigenvalue weighted by Crippen LogP contribution is 2.36. The molecule has 0 fully saturated rings. The number of fused-ring (bicyclic) bond motifs is 1. The Bertz CT molecular complexity index is 1050. The van der Waals surface area contributed by atoms with Crippen LogP contribution in [-0.2, 0) is 0 Å². The van der Waals surface area contributed by atoms with Crippen molar-refractivity contribution < 1.29 is 23.8 Å². The number of methoxy groups -OCH3 is 1. The van der Waals surface area contributed by atoms with Crippen LogP contribution in [0.4, 0.5) is 0 Å². The fraction of sp³-hybridized carbons (Fsp3) is 0.0476. The van der Waals surface area contributed by atoms with Gasteiger partial charge >= 0.3 is 5.97 Å². The zero-order chi connectivity index (χ0) is 18.8. The van der Waals surface area contributed by atoms with Gasteiger partial charge in [0.1, 0.15) is 22.1 Å². The zero-order valence-electron chi connectivity index (χ0n) is 14.3. The summed E-state index contributed by atoms with van der Waals surface area (Å²) in [4.78, 5) is 25.2. The van der Waals surface area contributed by atoms with E-state index < -0.39 is 5.97 Å². The van der Waals surface area contributed by atoms with Gasteiger partial charge in [0, 0.05) is 11.6 Å². The lowest BCUT2D eigenvalue weighted by Crippen LogP contribution is -2.06. The molecule has 5 nitrogen and oxygen atoms in total. The molecule has 0 saturated carbocycles. The minimum Gasteiger partial charge on any atom is -0.496 e. The average Bonchev–Trinajstić information content (AvgIpc) is 3.31. The molecule has 2 heterocycles. The molecule has 0 radical (unpaired) electrons. The van der Waals surface area contributed by atoms with Gasteiger partial charge in [-0.1, -0.05) is 24.3 Å². The molecule has 1 aliphatic heterocycles. The molecule has 6 heteroatoms. The molecule has 0 saturated heterocycles. The summed E-state index contributed by atoms with van der Waals surface area (Å²) < 4.78 is 16.4. The maximum absolute atomic E-state index is 12.6. The minimum atomic E-state index is -0.445. The van der Waals surface area contributed by atoms with Crippen LogP contribution in [0.3, 0.4) is 0 Å². The summed E-state index contributed by atoms with van der Waals surface area (Å²) in [7, 11) is 1.57. The largest absolute Gasteiger partial charge is 0.496 e. The van der Waals surface area contributed by atoms with Crippen molar-refractivity contribution >= 4 is 29.2 Å². The summed E-state index contributed by atoms with van der Waals surface area (Å²) in [5, 5.41) is 1.80. The Morgan fingerprint density at radius 1 is 1.11 bits per heavy atom. The summed E-state index contributed by atoms with van der Waals surface area (Å²) in [5.41, 5.74) is 1.16. The normalized spacial score (nSPS) is 14.0. The van der Waals surface area contributed by atoms with Crippen LogP contribution in [-0.4, -0.2) is 18.9 Å². The van der Waals surface area contributed by atoms with Crippen LogP contribution in [0.2, 0.25) is 0 Å². The number of thiophene rings is 1. The number of benzene rings is 2. The van der Waals surface area contributed by atoms with E-state index in [0.717, 1.165) is 5.56 Å². The first kappa shape index (κ1) is 17.1. The van der Waals surface area contributed by atoms with Gasteiger partial charge < -0.3 is 14.2 Å². The number of hydrogen-bond donors (Lipinski definition) is 0. The molecule has 0 N–H and O–H groups in total. The van der Waals surface area contributed by atoms with E-state index in [9.17, 15) is 9.59 Å². The third-order valence-electron chi connectivity index (χ3n) is 4.00. The number of esters is 1. The second kappa shape index (κ2) is 7.09. The number of rotatable bonds is 4. The van der Waals surface area contributed by atoms with Gasteiger partial charge in [-0.3, -0.25) is 4.79 Å². The van der Waals surface area contributed by atoms with Gasteiger partial charge in [0.25, 0.3) is 0 Å². The molecule has 2 aromatic carbocycles. The number of ether oxygens (including phenoxy) is 3. The topological polar surface area (TPSA) is 61.8 Å². The smallest absolute Gasteiger partial charge is 0.353 e. The van der Waals surface area contributed by atoms with Crippen molar-refractivity contribution in [3.63, 3.8) is 0 Å². The van der Waals surface area contributed by atoms with E-state index in [-0.39, 0.29) is 11.5 Å². The molecule has 0 amide bonds. The van der Waals surface area contributed by atoms with Crippen LogP contribution in [0.25, 0.3) is 6.08 Å². The summed E-state index contributed by atoms with van der Waals surface area (Å²) in [5.74, 6) is 0.835. The van der Waals surface area contributed by atoms with Crippen molar-refractivity contribution in [2.45, 2.75) is 0 Å². The summed E-state index contributed by atoms with van der Waals surface area (Å²) in [6.07, 6.45) is 1.64. The van der Waals surface area contributed by atoms with E-state index in [2.05, 4.69) is 0 Å². The van der Waals surface area contributed by atoms with Gasteiger partial charge in [-0.05, 0) is 35.7 Å². The van der Waals surface area contributed by atoms with Gasteiger partial charge in [-0.15, -0.1) is 11.3 Å². The predicted molar refractivity (Wildman–Crippen MR) is 102 cm³/mol. The van der Waals surface area contributed by atoms with Crippen molar-refractivity contribution in [2.75, 3.05) is 7.11 Å². The fourth-order valence-corrected chi connectivity index (χ4v) is 3.31. The van der Waals surface area contributed by atoms with E-state index in [1.807, 2.05) is 18.2 Å². The van der Waals surface area contributed by atoms with Gasteiger partial charge in [0.05, 0.1) is 12.7 Å². The van der Waals surface area contributed by atoms with Crippen molar-refractivity contribution in [3.8, 4) is 17.2 Å². The van der Waals surface area contributed by atoms with E-state index >= 15 is 0 Å². The lowest BCUT2D eigenvalue weighted by molar-refractivity contribution is 0.0739. The molecule has 0 bridgehead atoms. The molecule has 0 atom stereocenters. The predicted octanol–water partition coefficient (Wildman–Crippen LogP) is 4.59. The zero-order valence-corrected chi connectivity index (χ0v) is 15.1. The van der Waals surface area contributed by atoms with Crippen LogP contribution < -0.4 is 14.2 Å². The monoisotopic (exact) mass is 378 g/mol. The Labute approximate surface area is 159 Å². The minimum absolute atomic E-state index is 0.191. The lowest BCUT2D eigenvalue weighted by atomic mass is 10.1. The molecule has 134 valence electrons. The number of carbonyl (C=O) groups excluding carboxylic acids is 2. The Morgan fingerprint density at radius 2 is 1.96 bits per heavy atom. The molecule has 27 heavy (non-hydrogen) atoms. The highest BCUT2D eigenvalue weighted by molar-refractivity contribution is 7.12. The number of para-hydroxylation sites is 1. The van der Waals surface area contributed by atoms with Gasteiger partial charge in [0.15, 0.2) is 5.76 Å². The SMILES string of the molecule is COc1ccccc1/C=C1\Oc2cc(OC(=O)c3cccs3)ccc2C1=O. The standard InChI is InChI=1S/C21H14O5S/c1-24-16-6-3-2-5-13(16)11-18-20(22)15-9-8-14(12-17(15)26-18)25-21(23)19-7-4-10-27-19/h2-12H,1H3/b18-11-. The van der Waals surface area contributed by atoms with Crippen molar-refractivity contribution in [2.24, 2.45) is 0 Å². The fourth-order valence-electron chi connectivity index (χ4n) is 2.71. The molecular formula is C21H14O5S. The summed E-state index contributed by atoms with van der Waals surface area (Å²) in [6.45, 7) is 0. The van der Waals surface area contributed by atoms with Gasteiger partial charge in [0.2, 0.25) is 5.78 Å². The van der Waals surface area contributed by atoms with Crippen molar-refractivity contribution in [1.82, 2.24) is 0 Å². The first-order valence-corrected chi connectivity index (χ1v) is 9.00. The highest BCUT2D eigenvalue weighted by Gasteiger charge is 2.28. The Kier molecular flexibility index (Phi) is 4.48. The van der Waals surface area contributed by atoms with E-state index in [0.29, 0.717) is 27.7 Å². The third-order valence-corrected chi connectivity index (χ3v) is 4.85.